The lowest BCUT2D eigenvalue weighted by Gasteiger charge is -2.28. The average molecular weight is 306 g/mol. The molecule has 0 bridgehead atoms. The zero-order valence-corrected chi connectivity index (χ0v) is 13.0. The minimum absolute atomic E-state index is 0.0457. The highest BCUT2D eigenvalue weighted by atomic mass is 32.1. The summed E-state index contributed by atoms with van der Waals surface area (Å²) in [6.45, 7) is 0.569. The molecule has 114 valence electrons. The number of carbonyl (C=O) groups excluding carboxylic acids is 2. The molecule has 1 aromatic rings. The Morgan fingerprint density at radius 2 is 2.10 bits per heavy atom. The van der Waals surface area contributed by atoms with Crippen molar-refractivity contribution < 1.29 is 9.59 Å². The Balaban J connectivity index is 1.62. The van der Waals surface area contributed by atoms with Crippen LogP contribution in [0, 0.1) is 0 Å². The zero-order chi connectivity index (χ0) is 14.7. The van der Waals surface area contributed by atoms with E-state index in [1.165, 1.54) is 19.3 Å². The number of likely N-dealkylation sites (tertiary alicyclic amines) is 1. The Bertz CT molecular complexity index is 494. The first kappa shape index (κ1) is 14.6. The van der Waals surface area contributed by atoms with Crippen molar-refractivity contribution in [1.29, 1.82) is 0 Å². The van der Waals surface area contributed by atoms with Gasteiger partial charge in [-0.15, -0.1) is 11.3 Å². The van der Waals surface area contributed by atoms with E-state index in [2.05, 4.69) is 5.32 Å². The number of amides is 2. The highest BCUT2D eigenvalue weighted by Gasteiger charge is 2.36. The predicted octanol–water partition coefficient (Wildman–Crippen LogP) is 2.69. The number of carbonyl (C=O) groups is 2. The van der Waals surface area contributed by atoms with Crippen LogP contribution in [0.1, 0.15) is 49.8 Å². The molecule has 1 N–H and O–H groups in total. The number of nitrogens with one attached hydrogen (secondary N) is 1. The van der Waals surface area contributed by atoms with Crippen LogP contribution >= 0.6 is 11.3 Å². The fourth-order valence-electron chi connectivity index (χ4n) is 3.32. The monoisotopic (exact) mass is 306 g/mol. The van der Waals surface area contributed by atoms with Crippen molar-refractivity contribution in [1.82, 2.24) is 10.2 Å². The van der Waals surface area contributed by atoms with Crippen molar-refractivity contribution in [3.8, 4) is 0 Å². The van der Waals surface area contributed by atoms with Gasteiger partial charge in [0.05, 0.1) is 6.54 Å². The normalized spacial score (nSPS) is 23.5. The summed E-state index contributed by atoms with van der Waals surface area (Å²) >= 11 is 1.64. The maximum Gasteiger partial charge on any atom is 0.243 e. The topological polar surface area (TPSA) is 49.4 Å². The molecule has 2 aliphatic rings. The second-order valence-electron chi connectivity index (χ2n) is 6.00. The predicted molar refractivity (Wildman–Crippen MR) is 82.9 cm³/mol. The molecule has 4 nitrogen and oxygen atoms in total. The van der Waals surface area contributed by atoms with Crippen LogP contribution in [0.5, 0.6) is 0 Å². The van der Waals surface area contributed by atoms with Gasteiger partial charge in [0.1, 0.15) is 6.04 Å². The molecule has 1 atom stereocenters. The Morgan fingerprint density at radius 1 is 1.29 bits per heavy atom. The Kier molecular flexibility index (Phi) is 4.58. The molecule has 21 heavy (non-hydrogen) atoms. The molecule has 1 aromatic heterocycles. The van der Waals surface area contributed by atoms with Crippen molar-refractivity contribution in [3.05, 3.63) is 22.4 Å². The summed E-state index contributed by atoms with van der Waals surface area (Å²) in [7, 11) is 0. The van der Waals surface area contributed by atoms with Gasteiger partial charge in [-0.1, -0.05) is 25.3 Å². The molecule has 0 unspecified atom stereocenters. The van der Waals surface area contributed by atoms with E-state index in [9.17, 15) is 9.59 Å². The summed E-state index contributed by atoms with van der Waals surface area (Å²) in [5.74, 6) is 0.150. The first-order chi connectivity index (χ1) is 10.2. The van der Waals surface area contributed by atoms with Crippen molar-refractivity contribution >= 4 is 23.2 Å². The molecular weight excluding hydrogens is 284 g/mol. The maximum atomic E-state index is 12.5. The lowest BCUT2D eigenvalue weighted by molar-refractivity contribution is -0.136. The molecule has 2 heterocycles. The lowest BCUT2D eigenvalue weighted by Crippen LogP contribution is -2.48. The van der Waals surface area contributed by atoms with Gasteiger partial charge in [-0.05, 0) is 30.7 Å². The minimum Gasteiger partial charge on any atom is -0.352 e. The zero-order valence-electron chi connectivity index (χ0n) is 12.2. The molecule has 0 aromatic carbocycles. The molecule has 2 fully saturated rings. The summed E-state index contributed by atoms with van der Waals surface area (Å²) < 4.78 is 0. The van der Waals surface area contributed by atoms with Crippen molar-refractivity contribution in [2.24, 2.45) is 0 Å². The Hall–Kier alpha value is -1.36. The summed E-state index contributed by atoms with van der Waals surface area (Å²) in [4.78, 5) is 27.4. The molecule has 1 saturated carbocycles. The van der Waals surface area contributed by atoms with Crippen LogP contribution in [0.15, 0.2) is 17.5 Å². The first-order valence-electron chi connectivity index (χ1n) is 7.86. The van der Waals surface area contributed by atoms with E-state index in [0.29, 0.717) is 25.4 Å². The van der Waals surface area contributed by atoms with Gasteiger partial charge >= 0.3 is 0 Å². The second kappa shape index (κ2) is 6.60. The van der Waals surface area contributed by atoms with Crippen LogP contribution < -0.4 is 5.32 Å². The third-order valence-electron chi connectivity index (χ3n) is 4.49. The van der Waals surface area contributed by atoms with Gasteiger partial charge in [-0.3, -0.25) is 9.59 Å². The minimum atomic E-state index is -0.276. The Labute approximate surface area is 129 Å². The molecule has 1 aliphatic heterocycles. The van der Waals surface area contributed by atoms with Crippen LogP contribution in [0.2, 0.25) is 0 Å². The van der Waals surface area contributed by atoms with Crippen molar-refractivity contribution in [2.75, 3.05) is 0 Å². The van der Waals surface area contributed by atoms with Gasteiger partial charge in [-0.2, -0.15) is 0 Å². The molecule has 1 saturated heterocycles. The third-order valence-corrected chi connectivity index (χ3v) is 5.35. The van der Waals surface area contributed by atoms with Gasteiger partial charge in [-0.25, -0.2) is 0 Å². The van der Waals surface area contributed by atoms with Crippen LogP contribution in [-0.2, 0) is 16.1 Å². The largest absolute Gasteiger partial charge is 0.352 e. The standard InChI is InChI=1S/C16H22N2O2S/c19-15-9-8-14(18(15)11-13-7-4-10-21-13)16(20)17-12-5-2-1-3-6-12/h4,7,10,12,14H,1-3,5-6,8-9,11H2,(H,17,20)/t14-/m1/s1. The van der Waals surface area contributed by atoms with Gasteiger partial charge in [0.2, 0.25) is 11.8 Å². The quantitative estimate of drug-likeness (QED) is 0.930. The van der Waals surface area contributed by atoms with E-state index in [-0.39, 0.29) is 17.9 Å². The van der Waals surface area contributed by atoms with E-state index in [1.54, 1.807) is 16.2 Å². The number of rotatable bonds is 4. The summed E-state index contributed by atoms with van der Waals surface area (Å²) in [5, 5.41) is 5.17. The fourth-order valence-corrected chi connectivity index (χ4v) is 4.02. The number of hydrogen-bond acceptors (Lipinski definition) is 3. The molecule has 3 rings (SSSR count). The van der Waals surface area contributed by atoms with Crippen molar-refractivity contribution in [2.45, 2.75) is 63.6 Å². The second-order valence-corrected chi connectivity index (χ2v) is 7.03. The number of hydrogen-bond donors (Lipinski definition) is 1. The molecular formula is C16H22N2O2S. The van der Waals surface area contributed by atoms with Crippen LogP contribution in [0.25, 0.3) is 0 Å². The Morgan fingerprint density at radius 3 is 2.81 bits per heavy atom. The van der Waals surface area contributed by atoms with E-state index >= 15 is 0 Å². The van der Waals surface area contributed by atoms with E-state index in [1.807, 2.05) is 17.5 Å². The summed E-state index contributed by atoms with van der Waals surface area (Å²) in [6.07, 6.45) is 6.99. The number of thiophene rings is 1. The van der Waals surface area contributed by atoms with Crippen LogP contribution in [-0.4, -0.2) is 28.8 Å². The van der Waals surface area contributed by atoms with Crippen LogP contribution in [0.4, 0.5) is 0 Å². The lowest BCUT2D eigenvalue weighted by atomic mass is 9.95. The molecule has 0 radical (unpaired) electrons. The third kappa shape index (κ3) is 3.46. The highest BCUT2D eigenvalue weighted by molar-refractivity contribution is 7.09. The first-order valence-corrected chi connectivity index (χ1v) is 8.74. The average Bonchev–Trinajstić information content (AvgIpc) is 3.12. The smallest absolute Gasteiger partial charge is 0.243 e. The van der Waals surface area contributed by atoms with Gasteiger partial charge in [0.25, 0.3) is 0 Å². The van der Waals surface area contributed by atoms with Gasteiger partial charge < -0.3 is 10.2 Å². The fraction of sp³-hybridized carbons (Fsp3) is 0.625. The maximum absolute atomic E-state index is 12.5. The molecule has 2 amide bonds. The molecule has 5 heteroatoms. The van der Waals surface area contributed by atoms with Gasteiger partial charge in [0.15, 0.2) is 0 Å². The molecule has 0 spiro atoms. The van der Waals surface area contributed by atoms with E-state index in [4.69, 9.17) is 0 Å². The van der Waals surface area contributed by atoms with Crippen molar-refractivity contribution in [3.63, 3.8) is 0 Å². The SMILES string of the molecule is O=C(NC1CCCCC1)[C@H]1CCC(=O)N1Cc1cccs1. The summed E-state index contributed by atoms with van der Waals surface area (Å²) in [6, 6.07) is 4.04. The van der Waals surface area contributed by atoms with Gasteiger partial charge in [0, 0.05) is 17.3 Å². The van der Waals surface area contributed by atoms with E-state index < -0.39 is 0 Å². The number of nitrogens with zero attached hydrogens (tertiary/aromatic N) is 1. The highest BCUT2D eigenvalue weighted by Crippen LogP contribution is 2.24. The molecule has 1 aliphatic carbocycles. The van der Waals surface area contributed by atoms with Crippen LogP contribution in [0.3, 0.4) is 0 Å². The summed E-state index contributed by atoms with van der Waals surface area (Å²) in [5.41, 5.74) is 0. The van der Waals surface area contributed by atoms with E-state index in [0.717, 1.165) is 17.7 Å².